The summed E-state index contributed by atoms with van der Waals surface area (Å²) in [5.41, 5.74) is 2.39. The Morgan fingerprint density at radius 2 is 1.58 bits per heavy atom. The lowest BCUT2D eigenvalue weighted by atomic mass is 9.97. The van der Waals surface area contributed by atoms with Gasteiger partial charge in [0.05, 0.1) is 18.4 Å². The molecule has 0 saturated heterocycles. The van der Waals surface area contributed by atoms with Crippen LogP contribution in [0.15, 0.2) is 24.3 Å². The molecule has 0 spiro atoms. The molecule has 0 saturated carbocycles. The van der Waals surface area contributed by atoms with Gasteiger partial charge in [0.25, 0.3) is 5.91 Å². The summed E-state index contributed by atoms with van der Waals surface area (Å²) in [6.07, 6.45) is 12.0. The lowest BCUT2D eigenvalue weighted by Crippen LogP contribution is -2.19. The Labute approximate surface area is 202 Å². The minimum Gasteiger partial charge on any atom is -0.495 e. The first kappa shape index (κ1) is 25.3. The summed E-state index contributed by atoms with van der Waals surface area (Å²) in [6.45, 7) is 4.06. The molecule has 0 atom stereocenters. The molecule has 1 aliphatic carbocycles. The smallest absolute Gasteiger partial charge is 0.259 e. The van der Waals surface area contributed by atoms with E-state index in [1.165, 1.54) is 43.4 Å². The van der Waals surface area contributed by atoms with Gasteiger partial charge >= 0.3 is 0 Å². The Morgan fingerprint density at radius 3 is 2.24 bits per heavy atom. The van der Waals surface area contributed by atoms with Crippen LogP contribution in [0.1, 0.15) is 92.4 Å². The van der Waals surface area contributed by atoms with Crippen molar-refractivity contribution in [2.75, 3.05) is 17.7 Å². The third-order valence-corrected chi connectivity index (χ3v) is 7.31. The molecule has 0 fully saturated rings. The van der Waals surface area contributed by atoms with Crippen LogP contribution in [0.4, 0.5) is 10.7 Å². The van der Waals surface area contributed by atoms with Crippen molar-refractivity contribution in [2.24, 2.45) is 5.92 Å². The molecule has 1 aliphatic rings. The average Bonchev–Trinajstić information content (AvgIpc) is 3.10. The van der Waals surface area contributed by atoms with Gasteiger partial charge in [-0.15, -0.1) is 11.3 Å². The second kappa shape index (κ2) is 12.8. The van der Waals surface area contributed by atoms with E-state index in [4.69, 9.17) is 4.74 Å². The molecule has 3 rings (SSSR count). The van der Waals surface area contributed by atoms with E-state index in [1.54, 1.807) is 18.4 Å². The minimum absolute atomic E-state index is 0.0337. The normalized spacial score (nSPS) is 15.2. The topological polar surface area (TPSA) is 67.4 Å². The van der Waals surface area contributed by atoms with Gasteiger partial charge < -0.3 is 15.4 Å². The molecule has 0 unspecified atom stereocenters. The van der Waals surface area contributed by atoms with Crippen LogP contribution in [0, 0.1) is 5.92 Å². The van der Waals surface area contributed by atoms with Gasteiger partial charge in [-0.3, -0.25) is 9.59 Å². The van der Waals surface area contributed by atoms with E-state index in [1.807, 2.05) is 38.1 Å². The van der Waals surface area contributed by atoms with Crippen molar-refractivity contribution < 1.29 is 14.3 Å². The number of carbonyl (C=O) groups excluding carboxylic acids is 2. The zero-order valence-corrected chi connectivity index (χ0v) is 21.1. The van der Waals surface area contributed by atoms with E-state index < -0.39 is 0 Å². The van der Waals surface area contributed by atoms with Crippen LogP contribution in [0.2, 0.25) is 0 Å². The Balaban J connectivity index is 1.95. The van der Waals surface area contributed by atoms with Crippen molar-refractivity contribution in [1.82, 2.24) is 0 Å². The van der Waals surface area contributed by atoms with Crippen molar-refractivity contribution in [3.05, 3.63) is 40.3 Å². The SMILES string of the molecule is COc1ccccc1NC(=O)c1c(NC(=O)CC(C)C)sc2c1CCCCCCCCCC2. The molecular formula is C27H38N2O3S. The summed E-state index contributed by atoms with van der Waals surface area (Å²) in [5, 5.41) is 6.81. The molecule has 0 aliphatic heterocycles. The highest BCUT2D eigenvalue weighted by Gasteiger charge is 2.25. The van der Waals surface area contributed by atoms with Gasteiger partial charge in [0.2, 0.25) is 5.91 Å². The van der Waals surface area contributed by atoms with Gasteiger partial charge in [-0.2, -0.15) is 0 Å². The molecule has 0 radical (unpaired) electrons. The molecule has 33 heavy (non-hydrogen) atoms. The third kappa shape index (κ3) is 7.32. The average molecular weight is 471 g/mol. The predicted octanol–water partition coefficient (Wildman–Crippen LogP) is 7.21. The number of methoxy groups -OCH3 is 1. The van der Waals surface area contributed by atoms with Crippen LogP contribution >= 0.6 is 11.3 Å². The van der Waals surface area contributed by atoms with Crippen molar-refractivity contribution in [3.8, 4) is 5.75 Å². The Kier molecular flexibility index (Phi) is 9.79. The second-order valence-corrected chi connectivity index (χ2v) is 10.4. The number of aryl methyl sites for hydroxylation is 1. The highest BCUT2D eigenvalue weighted by Crippen LogP contribution is 2.37. The molecule has 6 heteroatoms. The van der Waals surface area contributed by atoms with Gasteiger partial charge in [-0.05, 0) is 49.3 Å². The number of para-hydroxylation sites is 2. The van der Waals surface area contributed by atoms with E-state index in [-0.39, 0.29) is 17.7 Å². The molecule has 180 valence electrons. The van der Waals surface area contributed by atoms with Crippen molar-refractivity contribution in [1.29, 1.82) is 0 Å². The molecular weight excluding hydrogens is 432 g/mol. The van der Waals surface area contributed by atoms with Gasteiger partial charge in [-0.25, -0.2) is 0 Å². The maximum absolute atomic E-state index is 13.6. The lowest BCUT2D eigenvalue weighted by molar-refractivity contribution is -0.116. The quantitative estimate of drug-likeness (QED) is 0.468. The number of carbonyl (C=O) groups is 2. The van der Waals surface area contributed by atoms with E-state index in [9.17, 15) is 9.59 Å². The molecule has 1 heterocycles. The number of nitrogens with one attached hydrogen (secondary N) is 2. The van der Waals surface area contributed by atoms with Crippen LogP contribution in [0.25, 0.3) is 0 Å². The van der Waals surface area contributed by atoms with Crippen molar-refractivity contribution in [2.45, 2.75) is 84.5 Å². The van der Waals surface area contributed by atoms with Gasteiger partial charge in [0.15, 0.2) is 0 Å². The fraction of sp³-hybridized carbons (Fsp3) is 0.556. The number of ether oxygens (including phenoxy) is 1. The number of rotatable bonds is 6. The molecule has 5 nitrogen and oxygen atoms in total. The number of amides is 2. The number of thiophene rings is 1. The van der Waals surface area contributed by atoms with Crippen LogP contribution < -0.4 is 15.4 Å². The largest absolute Gasteiger partial charge is 0.495 e. The van der Waals surface area contributed by atoms with Crippen LogP contribution in [-0.4, -0.2) is 18.9 Å². The fourth-order valence-electron chi connectivity index (χ4n) is 4.44. The Hall–Kier alpha value is -2.34. The van der Waals surface area contributed by atoms with E-state index in [0.717, 1.165) is 31.2 Å². The molecule has 1 aromatic heterocycles. The zero-order valence-electron chi connectivity index (χ0n) is 20.3. The standard InChI is InChI=1S/C27H38N2O3S/c1-19(2)18-24(30)29-27-25(26(31)28-21-15-12-13-16-22(21)32-3)20-14-10-8-6-4-5-7-9-11-17-23(20)33-27/h12-13,15-16,19H,4-11,14,17-18H2,1-3H3,(H,28,31)(H,29,30). The molecule has 1 aromatic carbocycles. The number of hydrogen-bond acceptors (Lipinski definition) is 4. The highest BCUT2D eigenvalue weighted by atomic mass is 32.1. The summed E-state index contributed by atoms with van der Waals surface area (Å²) < 4.78 is 5.43. The van der Waals surface area contributed by atoms with E-state index >= 15 is 0 Å². The zero-order chi connectivity index (χ0) is 23.6. The first-order chi connectivity index (χ1) is 16.0. The maximum Gasteiger partial charge on any atom is 0.259 e. The van der Waals surface area contributed by atoms with Gasteiger partial charge in [0, 0.05) is 11.3 Å². The lowest BCUT2D eigenvalue weighted by Gasteiger charge is -2.13. The van der Waals surface area contributed by atoms with Crippen molar-refractivity contribution >= 4 is 33.8 Å². The first-order valence-corrected chi connectivity index (χ1v) is 13.2. The Bertz CT molecular complexity index is 935. The molecule has 2 aromatic rings. The minimum atomic E-state index is -0.177. The van der Waals surface area contributed by atoms with E-state index in [2.05, 4.69) is 10.6 Å². The summed E-state index contributed by atoms with van der Waals surface area (Å²) in [4.78, 5) is 27.5. The van der Waals surface area contributed by atoms with E-state index in [0.29, 0.717) is 28.4 Å². The third-order valence-electron chi connectivity index (χ3n) is 6.10. The van der Waals surface area contributed by atoms with Gasteiger partial charge in [0.1, 0.15) is 10.8 Å². The summed E-state index contributed by atoms with van der Waals surface area (Å²) in [5.74, 6) is 0.671. The number of benzene rings is 1. The highest BCUT2D eigenvalue weighted by molar-refractivity contribution is 7.17. The molecule has 2 amide bonds. The van der Waals surface area contributed by atoms with Crippen LogP contribution in [0.3, 0.4) is 0 Å². The van der Waals surface area contributed by atoms with Gasteiger partial charge in [-0.1, -0.05) is 64.5 Å². The fourth-order valence-corrected chi connectivity index (χ4v) is 5.74. The van der Waals surface area contributed by atoms with Crippen LogP contribution in [-0.2, 0) is 17.6 Å². The summed E-state index contributed by atoms with van der Waals surface area (Å²) >= 11 is 1.59. The number of anilines is 2. The Morgan fingerprint density at radius 1 is 0.939 bits per heavy atom. The second-order valence-electron chi connectivity index (χ2n) is 9.34. The monoisotopic (exact) mass is 470 g/mol. The summed E-state index contributed by atoms with van der Waals surface area (Å²) in [7, 11) is 1.60. The maximum atomic E-state index is 13.6. The number of fused-ring (bicyclic) bond motifs is 1. The molecule has 2 N–H and O–H groups in total. The molecule has 0 bridgehead atoms. The predicted molar refractivity (Wildman–Crippen MR) is 138 cm³/mol. The number of hydrogen-bond donors (Lipinski definition) is 2. The van der Waals surface area contributed by atoms with Crippen molar-refractivity contribution in [3.63, 3.8) is 0 Å². The first-order valence-electron chi connectivity index (χ1n) is 12.4. The summed E-state index contributed by atoms with van der Waals surface area (Å²) in [6, 6.07) is 7.43. The van der Waals surface area contributed by atoms with Crippen LogP contribution in [0.5, 0.6) is 5.75 Å².